The Morgan fingerprint density at radius 1 is 1.33 bits per heavy atom. The van der Waals surface area contributed by atoms with Crippen LogP contribution in [0.15, 0.2) is 24.3 Å². The number of rotatable bonds is 6. The number of hydrogen-bond donors (Lipinski definition) is 0. The number of nitrogens with zero attached hydrogens (tertiary/aromatic N) is 2. The monoisotopic (exact) mass is 310 g/mol. The predicted molar refractivity (Wildman–Crippen MR) is 83.8 cm³/mol. The van der Waals surface area contributed by atoms with E-state index >= 15 is 0 Å². The second kappa shape index (κ2) is 6.15. The molecule has 0 atom stereocenters. The average Bonchev–Trinajstić information content (AvgIpc) is 3.19. The lowest BCUT2D eigenvalue weighted by Crippen LogP contribution is -2.43. The fourth-order valence-electron chi connectivity index (χ4n) is 2.40. The first kappa shape index (κ1) is 16.0. The highest BCUT2D eigenvalue weighted by atomic mass is 32.2. The number of aryl methyl sites for hydroxylation is 1. The quantitative estimate of drug-likeness (QED) is 0.804. The maximum Gasteiger partial charge on any atom is 0.242 e. The van der Waals surface area contributed by atoms with Gasteiger partial charge in [-0.1, -0.05) is 12.1 Å². The highest BCUT2D eigenvalue weighted by Crippen LogP contribution is 2.29. The minimum atomic E-state index is -3.34. The largest absolute Gasteiger partial charge is 0.312 e. The van der Waals surface area contributed by atoms with Crippen molar-refractivity contribution in [3.8, 4) is 0 Å². The fourth-order valence-corrected chi connectivity index (χ4v) is 3.49. The third-order valence-corrected chi connectivity index (χ3v) is 4.88. The van der Waals surface area contributed by atoms with Crippen molar-refractivity contribution in [2.45, 2.75) is 32.7 Å². The van der Waals surface area contributed by atoms with Gasteiger partial charge in [0.05, 0.1) is 12.8 Å². The zero-order valence-corrected chi connectivity index (χ0v) is 13.6. The molecule has 0 heterocycles. The van der Waals surface area contributed by atoms with Crippen LogP contribution in [-0.2, 0) is 14.8 Å². The molecule has 6 heteroatoms. The maximum absolute atomic E-state index is 12.5. The van der Waals surface area contributed by atoms with Crippen molar-refractivity contribution in [3.05, 3.63) is 29.8 Å². The summed E-state index contributed by atoms with van der Waals surface area (Å²) in [6, 6.07) is 7.67. The van der Waals surface area contributed by atoms with Crippen molar-refractivity contribution in [1.29, 1.82) is 0 Å². The standard InChI is InChI=1S/C15H22N2O3S/c1-4-16(14-7-5-6-12(2)10-14)15(18)11-17(13-8-9-13)21(3,19)20/h5-7,10,13H,4,8-9,11H2,1-3H3. The van der Waals surface area contributed by atoms with Crippen LogP contribution in [0, 0.1) is 6.92 Å². The Morgan fingerprint density at radius 3 is 2.48 bits per heavy atom. The number of hydrogen-bond acceptors (Lipinski definition) is 3. The van der Waals surface area contributed by atoms with E-state index in [1.54, 1.807) is 4.90 Å². The Hall–Kier alpha value is -1.40. The average molecular weight is 310 g/mol. The third-order valence-electron chi connectivity index (χ3n) is 3.60. The van der Waals surface area contributed by atoms with Crippen LogP contribution in [0.1, 0.15) is 25.3 Å². The maximum atomic E-state index is 12.5. The van der Waals surface area contributed by atoms with Gasteiger partial charge in [-0.05, 0) is 44.4 Å². The van der Waals surface area contributed by atoms with Crippen LogP contribution < -0.4 is 4.90 Å². The Kier molecular flexibility index (Phi) is 4.68. The summed E-state index contributed by atoms with van der Waals surface area (Å²) in [5, 5.41) is 0. The molecule has 1 aromatic carbocycles. The van der Waals surface area contributed by atoms with Gasteiger partial charge in [0, 0.05) is 18.3 Å². The smallest absolute Gasteiger partial charge is 0.242 e. The van der Waals surface area contributed by atoms with E-state index in [1.807, 2.05) is 38.1 Å². The summed E-state index contributed by atoms with van der Waals surface area (Å²) in [5.41, 5.74) is 1.88. The van der Waals surface area contributed by atoms with E-state index in [-0.39, 0.29) is 18.5 Å². The van der Waals surface area contributed by atoms with E-state index in [0.29, 0.717) is 6.54 Å². The minimum Gasteiger partial charge on any atom is -0.312 e. The van der Waals surface area contributed by atoms with Crippen molar-refractivity contribution in [2.75, 3.05) is 24.2 Å². The topological polar surface area (TPSA) is 57.7 Å². The molecule has 0 saturated heterocycles. The number of anilines is 1. The first-order valence-corrected chi connectivity index (χ1v) is 9.01. The Balaban J connectivity index is 2.16. The van der Waals surface area contributed by atoms with E-state index in [4.69, 9.17) is 0 Å². The van der Waals surface area contributed by atoms with Crippen molar-refractivity contribution < 1.29 is 13.2 Å². The number of sulfonamides is 1. The number of likely N-dealkylation sites (N-methyl/N-ethyl adjacent to an activating group) is 1. The molecule has 0 spiro atoms. The van der Waals surface area contributed by atoms with Gasteiger partial charge in [-0.15, -0.1) is 0 Å². The zero-order valence-electron chi connectivity index (χ0n) is 12.7. The van der Waals surface area contributed by atoms with Crippen LogP contribution in [0.25, 0.3) is 0 Å². The van der Waals surface area contributed by atoms with E-state index in [0.717, 1.165) is 24.1 Å². The summed E-state index contributed by atoms with van der Waals surface area (Å²) in [6.07, 6.45) is 2.86. The van der Waals surface area contributed by atoms with Gasteiger partial charge in [0.1, 0.15) is 0 Å². The molecule has 0 bridgehead atoms. The van der Waals surface area contributed by atoms with E-state index in [1.165, 1.54) is 10.6 Å². The number of carbonyl (C=O) groups excluding carboxylic acids is 1. The lowest BCUT2D eigenvalue weighted by molar-refractivity contribution is -0.118. The summed E-state index contributed by atoms with van der Waals surface area (Å²) in [6.45, 7) is 4.30. The SMILES string of the molecule is CCN(C(=O)CN(C1CC1)S(C)(=O)=O)c1cccc(C)c1. The predicted octanol–water partition coefficient (Wildman–Crippen LogP) is 1.77. The van der Waals surface area contributed by atoms with Gasteiger partial charge in [-0.3, -0.25) is 4.79 Å². The number of carbonyl (C=O) groups is 1. The fraction of sp³-hybridized carbons (Fsp3) is 0.533. The molecular formula is C15H22N2O3S. The van der Waals surface area contributed by atoms with Crippen molar-refractivity contribution in [1.82, 2.24) is 4.31 Å². The highest BCUT2D eigenvalue weighted by molar-refractivity contribution is 7.88. The molecule has 1 saturated carbocycles. The van der Waals surface area contributed by atoms with E-state index < -0.39 is 10.0 Å². The lowest BCUT2D eigenvalue weighted by atomic mass is 10.2. The van der Waals surface area contributed by atoms with Crippen LogP contribution in [0.4, 0.5) is 5.69 Å². The molecule has 1 aliphatic carbocycles. The molecule has 1 aliphatic rings. The molecule has 0 aromatic heterocycles. The molecule has 0 aliphatic heterocycles. The summed E-state index contributed by atoms with van der Waals surface area (Å²) >= 11 is 0. The summed E-state index contributed by atoms with van der Waals surface area (Å²) in [7, 11) is -3.34. The van der Waals surface area contributed by atoms with Crippen LogP contribution >= 0.6 is 0 Å². The molecule has 0 radical (unpaired) electrons. The summed E-state index contributed by atoms with van der Waals surface area (Å²) in [5.74, 6) is -0.180. The summed E-state index contributed by atoms with van der Waals surface area (Å²) < 4.78 is 24.9. The molecule has 1 amide bonds. The second-order valence-electron chi connectivity index (χ2n) is 5.52. The van der Waals surface area contributed by atoms with Crippen LogP contribution in [0.5, 0.6) is 0 Å². The van der Waals surface area contributed by atoms with Crippen LogP contribution in [0.2, 0.25) is 0 Å². The van der Waals surface area contributed by atoms with E-state index in [2.05, 4.69) is 0 Å². The van der Waals surface area contributed by atoms with E-state index in [9.17, 15) is 13.2 Å². The first-order valence-electron chi connectivity index (χ1n) is 7.16. The van der Waals surface area contributed by atoms with Gasteiger partial charge in [-0.25, -0.2) is 8.42 Å². The molecule has 1 fully saturated rings. The number of amides is 1. The Morgan fingerprint density at radius 2 is 2.00 bits per heavy atom. The normalized spacial score (nSPS) is 15.2. The van der Waals surface area contributed by atoms with Gasteiger partial charge in [0.15, 0.2) is 0 Å². The van der Waals surface area contributed by atoms with Crippen molar-refractivity contribution in [2.24, 2.45) is 0 Å². The molecular weight excluding hydrogens is 288 g/mol. The lowest BCUT2D eigenvalue weighted by Gasteiger charge is -2.25. The molecule has 1 aromatic rings. The zero-order chi connectivity index (χ0) is 15.6. The Bertz CT molecular complexity index is 624. The third kappa shape index (κ3) is 4.04. The molecule has 5 nitrogen and oxygen atoms in total. The molecule has 0 N–H and O–H groups in total. The number of benzene rings is 1. The van der Waals surface area contributed by atoms with Crippen molar-refractivity contribution >= 4 is 21.6 Å². The van der Waals surface area contributed by atoms with Gasteiger partial charge in [-0.2, -0.15) is 4.31 Å². The first-order chi connectivity index (χ1) is 9.82. The van der Waals surface area contributed by atoms with Crippen molar-refractivity contribution in [3.63, 3.8) is 0 Å². The molecule has 116 valence electrons. The highest BCUT2D eigenvalue weighted by Gasteiger charge is 2.37. The molecule has 0 unspecified atom stereocenters. The Labute approximate surface area is 126 Å². The van der Waals surface area contributed by atoms with Crippen LogP contribution in [0.3, 0.4) is 0 Å². The molecule has 21 heavy (non-hydrogen) atoms. The van der Waals surface area contributed by atoms with Crippen LogP contribution in [-0.4, -0.2) is 44.0 Å². The van der Waals surface area contributed by atoms with Gasteiger partial charge >= 0.3 is 0 Å². The second-order valence-corrected chi connectivity index (χ2v) is 7.45. The molecule has 2 rings (SSSR count). The minimum absolute atomic E-state index is 0.000153. The summed E-state index contributed by atoms with van der Waals surface area (Å²) in [4.78, 5) is 14.1. The van der Waals surface area contributed by atoms with Gasteiger partial charge in [0.2, 0.25) is 15.9 Å². The van der Waals surface area contributed by atoms with Gasteiger partial charge < -0.3 is 4.90 Å². The van der Waals surface area contributed by atoms with Gasteiger partial charge in [0.25, 0.3) is 0 Å².